The summed E-state index contributed by atoms with van der Waals surface area (Å²) in [4.78, 5) is 7.77. The van der Waals surface area contributed by atoms with E-state index in [1.54, 1.807) is 6.92 Å². The van der Waals surface area contributed by atoms with Crippen LogP contribution in [0.25, 0.3) is 0 Å². The van der Waals surface area contributed by atoms with E-state index in [1.165, 1.54) is 0 Å². The molecule has 7 heteroatoms. The summed E-state index contributed by atoms with van der Waals surface area (Å²) >= 11 is 0. The third-order valence-electron chi connectivity index (χ3n) is 3.01. The lowest BCUT2D eigenvalue weighted by molar-refractivity contribution is -0.141. The first kappa shape index (κ1) is 14.0. The molecule has 0 spiro atoms. The van der Waals surface area contributed by atoms with E-state index in [-0.39, 0.29) is 24.2 Å². The van der Waals surface area contributed by atoms with E-state index in [9.17, 15) is 13.2 Å². The molecular weight excluding hydrogens is 259 g/mol. The molecule has 1 N–H and O–H groups in total. The average Bonchev–Trinajstić information content (AvgIpc) is 2.39. The van der Waals surface area contributed by atoms with Gasteiger partial charge in [0, 0.05) is 12.0 Å². The summed E-state index contributed by atoms with van der Waals surface area (Å²) in [6, 6.07) is 0.855. The van der Waals surface area contributed by atoms with Crippen molar-refractivity contribution in [1.29, 1.82) is 0 Å². The highest BCUT2D eigenvalue weighted by Crippen LogP contribution is 2.32. The third-order valence-corrected chi connectivity index (χ3v) is 3.01. The second-order valence-corrected chi connectivity index (χ2v) is 4.40. The van der Waals surface area contributed by atoms with Gasteiger partial charge in [0.25, 0.3) is 0 Å². The van der Waals surface area contributed by atoms with Crippen LogP contribution >= 0.6 is 0 Å². The molecule has 2 heterocycles. The molecular formula is C12H16F3N3O. The van der Waals surface area contributed by atoms with Crippen LogP contribution in [0.3, 0.4) is 0 Å². The van der Waals surface area contributed by atoms with Crippen LogP contribution in [-0.2, 0) is 6.18 Å². The van der Waals surface area contributed by atoms with Gasteiger partial charge in [-0.15, -0.1) is 0 Å². The Morgan fingerprint density at radius 3 is 2.58 bits per heavy atom. The Balaban J connectivity index is 2.33. The molecule has 0 unspecified atom stereocenters. The average molecular weight is 275 g/mol. The number of hydrogen-bond donors (Lipinski definition) is 1. The number of piperidine rings is 1. The molecule has 1 aromatic rings. The number of alkyl halides is 3. The van der Waals surface area contributed by atoms with Crippen LogP contribution in [0.4, 0.5) is 13.2 Å². The predicted octanol–water partition coefficient (Wildman–Crippen LogP) is 2.36. The van der Waals surface area contributed by atoms with Crippen molar-refractivity contribution in [3.8, 4) is 5.88 Å². The second-order valence-electron chi connectivity index (χ2n) is 4.40. The highest BCUT2D eigenvalue weighted by molar-refractivity contribution is 5.20. The molecule has 0 aliphatic carbocycles. The highest BCUT2D eigenvalue weighted by atomic mass is 19.4. The molecule has 0 aromatic carbocycles. The minimum atomic E-state index is -4.48. The van der Waals surface area contributed by atoms with Crippen molar-refractivity contribution in [2.24, 2.45) is 0 Å². The highest BCUT2D eigenvalue weighted by Gasteiger charge is 2.34. The van der Waals surface area contributed by atoms with Crippen molar-refractivity contribution >= 4 is 0 Å². The Morgan fingerprint density at radius 1 is 1.32 bits per heavy atom. The number of nitrogens with one attached hydrogen (secondary N) is 1. The van der Waals surface area contributed by atoms with Crippen LogP contribution in [-0.4, -0.2) is 29.7 Å². The van der Waals surface area contributed by atoms with Gasteiger partial charge >= 0.3 is 6.18 Å². The van der Waals surface area contributed by atoms with E-state index in [4.69, 9.17) is 4.74 Å². The topological polar surface area (TPSA) is 47.0 Å². The number of rotatable bonds is 3. The zero-order chi connectivity index (χ0) is 13.9. The molecule has 0 atom stereocenters. The zero-order valence-electron chi connectivity index (χ0n) is 10.6. The summed E-state index contributed by atoms with van der Waals surface area (Å²) in [5.41, 5.74) is -0.931. The van der Waals surface area contributed by atoms with Gasteiger partial charge in [-0.1, -0.05) is 0 Å². The summed E-state index contributed by atoms with van der Waals surface area (Å²) in [6.07, 6.45) is -2.99. The zero-order valence-corrected chi connectivity index (χ0v) is 10.6. The summed E-state index contributed by atoms with van der Waals surface area (Å²) < 4.78 is 43.5. The predicted molar refractivity (Wildman–Crippen MR) is 63.0 cm³/mol. The number of ether oxygens (including phenoxy) is 1. The normalized spacial score (nSPS) is 17.5. The Bertz CT molecular complexity index is 431. The van der Waals surface area contributed by atoms with Gasteiger partial charge in [0.2, 0.25) is 5.88 Å². The van der Waals surface area contributed by atoms with Crippen molar-refractivity contribution in [3.05, 3.63) is 17.6 Å². The van der Waals surface area contributed by atoms with E-state index >= 15 is 0 Å². The van der Waals surface area contributed by atoms with E-state index < -0.39 is 11.9 Å². The maximum atomic E-state index is 12.8. The summed E-state index contributed by atoms with van der Waals surface area (Å²) in [5, 5.41) is 3.16. The Morgan fingerprint density at radius 2 is 2.00 bits per heavy atom. The van der Waals surface area contributed by atoms with Crippen molar-refractivity contribution in [3.63, 3.8) is 0 Å². The van der Waals surface area contributed by atoms with Gasteiger partial charge in [-0.05, 0) is 32.9 Å². The van der Waals surface area contributed by atoms with Gasteiger partial charge < -0.3 is 10.1 Å². The fourth-order valence-electron chi connectivity index (χ4n) is 2.07. The SMILES string of the molecule is CCOc1cc(C(F)(F)F)nc(C2CCNCC2)n1. The largest absolute Gasteiger partial charge is 0.478 e. The fraction of sp³-hybridized carbons (Fsp3) is 0.667. The lowest BCUT2D eigenvalue weighted by atomic mass is 9.97. The summed E-state index contributed by atoms with van der Waals surface area (Å²) in [5.74, 6) is 0.195. The smallest absolute Gasteiger partial charge is 0.433 e. The lowest BCUT2D eigenvalue weighted by Crippen LogP contribution is -2.28. The maximum Gasteiger partial charge on any atom is 0.433 e. The van der Waals surface area contributed by atoms with Crippen LogP contribution in [0.5, 0.6) is 5.88 Å². The van der Waals surface area contributed by atoms with E-state index in [1.807, 2.05) is 0 Å². The summed E-state index contributed by atoms with van der Waals surface area (Å²) in [7, 11) is 0. The van der Waals surface area contributed by atoms with E-state index in [0.29, 0.717) is 0 Å². The molecule has 1 fully saturated rings. The van der Waals surface area contributed by atoms with E-state index in [2.05, 4.69) is 15.3 Å². The quantitative estimate of drug-likeness (QED) is 0.920. The van der Waals surface area contributed by atoms with Gasteiger partial charge in [0.15, 0.2) is 5.69 Å². The standard InChI is InChI=1S/C12H16F3N3O/c1-2-19-10-7-9(12(13,14)15)17-11(18-10)8-3-5-16-6-4-8/h7-8,16H,2-6H2,1H3. The van der Waals surface area contributed by atoms with Crippen molar-refractivity contribution < 1.29 is 17.9 Å². The first-order chi connectivity index (χ1) is 9.00. The molecule has 1 aliphatic rings. The molecule has 0 radical (unpaired) electrons. The Kier molecular flexibility index (Phi) is 4.24. The molecule has 2 rings (SSSR count). The third kappa shape index (κ3) is 3.56. The molecule has 0 bridgehead atoms. The molecule has 0 saturated carbocycles. The van der Waals surface area contributed by atoms with Crippen LogP contribution in [0.1, 0.15) is 37.2 Å². The molecule has 106 valence electrons. The maximum absolute atomic E-state index is 12.8. The van der Waals surface area contributed by atoms with Gasteiger partial charge in [0.1, 0.15) is 5.82 Å². The van der Waals surface area contributed by atoms with Crippen LogP contribution < -0.4 is 10.1 Å². The number of nitrogens with zero attached hydrogens (tertiary/aromatic N) is 2. The second kappa shape index (κ2) is 5.73. The van der Waals surface area contributed by atoms with Crippen molar-refractivity contribution in [2.75, 3.05) is 19.7 Å². The Labute approximate surface area is 109 Å². The minimum absolute atomic E-state index is 0.00152. The molecule has 19 heavy (non-hydrogen) atoms. The molecule has 1 aliphatic heterocycles. The first-order valence-electron chi connectivity index (χ1n) is 6.30. The van der Waals surface area contributed by atoms with Gasteiger partial charge in [0.05, 0.1) is 6.61 Å². The molecule has 1 aromatic heterocycles. The van der Waals surface area contributed by atoms with Crippen LogP contribution in [0.15, 0.2) is 6.07 Å². The molecule has 4 nitrogen and oxygen atoms in total. The van der Waals surface area contributed by atoms with Crippen LogP contribution in [0, 0.1) is 0 Å². The van der Waals surface area contributed by atoms with E-state index in [0.717, 1.165) is 32.0 Å². The summed E-state index contributed by atoms with van der Waals surface area (Å²) in [6.45, 7) is 3.53. The van der Waals surface area contributed by atoms with Gasteiger partial charge in [-0.2, -0.15) is 18.2 Å². The van der Waals surface area contributed by atoms with Crippen molar-refractivity contribution in [2.45, 2.75) is 31.9 Å². The fourth-order valence-corrected chi connectivity index (χ4v) is 2.07. The number of hydrogen-bond acceptors (Lipinski definition) is 4. The first-order valence-corrected chi connectivity index (χ1v) is 6.30. The van der Waals surface area contributed by atoms with Gasteiger partial charge in [-0.25, -0.2) is 4.98 Å². The number of halogens is 3. The van der Waals surface area contributed by atoms with Crippen LogP contribution in [0.2, 0.25) is 0 Å². The molecule has 0 amide bonds. The van der Waals surface area contributed by atoms with Crippen molar-refractivity contribution in [1.82, 2.24) is 15.3 Å². The lowest BCUT2D eigenvalue weighted by Gasteiger charge is -2.22. The van der Waals surface area contributed by atoms with Gasteiger partial charge in [-0.3, -0.25) is 0 Å². The monoisotopic (exact) mass is 275 g/mol. The Hall–Kier alpha value is -1.37. The minimum Gasteiger partial charge on any atom is -0.478 e. The number of aromatic nitrogens is 2. The molecule has 1 saturated heterocycles.